The number of aromatic nitrogens is 2. The molecule has 0 saturated carbocycles. The summed E-state index contributed by atoms with van der Waals surface area (Å²) in [5.41, 5.74) is 4.78. The lowest BCUT2D eigenvalue weighted by Gasteiger charge is -2.35. The van der Waals surface area contributed by atoms with Crippen molar-refractivity contribution in [2.24, 2.45) is 0 Å². The first-order chi connectivity index (χ1) is 12.1. The molecule has 5 heteroatoms. The number of nitrogens with zero attached hydrogens (tertiary/aromatic N) is 3. The van der Waals surface area contributed by atoms with Crippen LogP contribution in [0.3, 0.4) is 0 Å². The number of hydrogen-bond donors (Lipinski definition) is 1. The topological polar surface area (TPSA) is 52.2 Å². The molecule has 2 saturated heterocycles. The highest BCUT2D eigenvalue weighted by atomic mass is 16.2. The van der Waals surface area contributed by atoms with Crippen molar-refractivity contribution in [1.82, 2.24) is 15.1 Å². The number of benzene rings is 1. The van der Waals surface area contributed by atoms with E-state index in [4.69, 9.17) is 0 Å². The summed E-state index contributed by atoms with van der Waals surface area (Å²) in [4.78, 5) is 17.3. The lowest BCUT2D eigenvalue weighted by Crippen LogP contribution is -2.45. The van der Waals surface area contributed by atoms with Gasteiger partial charge in [-0.2, -0.15) is 5.10 Å². The summed E-state index contributed by atoms with van der Waals surface area (Å²) in [6.07, 6.45) is 5.11. The minimum atomic E-state index is 0.0488. The average molecular weight is 338 g/mol. The zero-order chi connectivity index (χ0) is 17.4. The lowest BCUT2D eigenvalue weighted by molar-refractivity contribution is -0.122. The second kappa shape index (κ2) is 6.64. The normalized spacial score (nSPS) is 22.7. The van der Waals surface area contributed by atoms with Crippen LogP contribution in [0.1, 0.15) is 42.0 Å². The fourth-order valence-electron chi connectivity index (χ4n) is 4.28. The molecule has 1 amide bonds. The minimum absolute atomic E-state index is 0.0488. The van der Waals surface area contributed by atoms with Gasteiger partial charge in [0.15, 0.2) is 0 Å². The van der Waals surface area contributed by atoms with E-state index in [9.17, 15) is 4.79 Å². The highest BCUT2D eigenvalue weighted by Crippen LogP contribution is 2.32. The van der Waals surface area contributed by atoms with E-state index >= 15 is 0 Å². The summed E-state index contributed by atoms with van der Waals surface area (Å²) in [6, 6.07) is 8.32. The highest BCUT2D eigenvalue weighted by Gasteiger charge is 2.38. The number of rotatable bonds is 3. The third-order valence-corrected chi connectivity index (χ3v) is 5.80. The molecule has 3 heterocycles. The van der Waals surface area contributed by atoms with Gasteiger partial charge in [-0.3, -0.25) is 14.8 Å². The summed E-state index contributed by atoms with van der Waals surface area (Å²) in [5, 5.41) is 7.20. The molecule has 2 aliphatic heterocycles. The van der Waals surface area contributed by atoms with Crippen molar-refractivity contribution >= 4 is 11.6 Å². The first-order valence-corrected chi connectivity index (χ1v) is 9.25. The number of carbonyl (C=O) groups excluding carboxylic acids is 1. The summed E-state index contributed by atoms with van der Waals surface area (Å²) in [7, 11) is 0. The monoisotopic (exact) mass is 338 g/mol. The molecule has 25 heavy (non-hydrogen) atoms. The molecule has 5 nitrogen and oxygen atoms in total. The number of hydrogen-bond acceptors (Lipinski definition) is 3. The van der Waals surface area contributed by atoms with Gasteiger partial charge in [0.1, 0.15) is 0 Å². The molecule has 4 rings (SSSR count). The van der Waals surface area contributed by atoms with E-state index in [2.05, 4.69) is 53.2 Å². The lowest BCUT2D eigenvalue weighted by atomic mass is 9.89. The Labute approximate surface area is 149 Å². The second-order valence-corrected chi connectivity index (χ2v) is 7.39. The van der Waals surface area contributed by atoms with E-state index in [-0.39, 0.29) is 11.9 Å². The number of H-pyrrole nitrogens is 1. The zero-order valence-corrected chi connectivity index (χ0v) is 15.0. The Hall–Kier alpha value is -2.14. The third kappa shape index (κ3) is 3.09. The predicted molar refractivity (Wildman–Crippen MR) is 98.8 cm³/mol. The molecular formula is C20H26N4O. The first kappa shape index (κ1) is 16.3. The van der Waals surface area contributed by atoms with Crippen LogP contribution < -0.4 is 4.90 Å². The van der Waals surface area contributed by atoms with E-state index in [1.807, 2.05) is 11.1 Å². The van der Waals surface area contributed by atoms with Gasteiger partial charge in [-0.15, -0.1) is 0 Å². The number of aromatic amines is 1. The van der Waals surface area contributed by atoms with Crippen LogP contribution in [0.2, 0.25) is 0 Å². The van der Waals surface area contributed by atoms with E-state index in [0.717, 1.165) is 44.6 Å². The van der Waals surface area contributed by atoms with Crippen LogP contribution in [0.4, 0.5) is 5.69 Å². The van der Waals surface area contributed by atoms with Gasteiger partial charge in [0.05, 0.1) is 12.2 Å². The number of likely N-dealkylation sites (tertiary alicyclic amines) is 1. The summed E-state index contributed by atoms with van der Waals surface area (Å²) in [5.74, 6) is 0.835. The quantitative estimate of drug-likeness (QED) is 0.936. The molecular weight excluding hydrogens is 312 g/mol. The Bertz CT molecular complexity index is 743. The van der Waals surface area contributed by atoms with Crippen LogP contribution in [0.15, 0.2) is 30.5 Å². The van der Waals surface area contributed by atoms with Crippen molar-refractivity contribution in [2.45, 2.75) is 45.1 Å². The molecule has 1 atom stereocenters. The summed E-state index contributed by atoms with van der Waals surface area (Å²) < 4.78 is 0. The van der Waals surface area contributed by atoms with Crippen molar-refractivity contribution in [3.05, 3.63) is 47.3 Å². The maximum atomic E-state index is 12.9. The number of aryl methyl sites for hydroxylation is 2. The Morgan fingerprint density at radius 2 is 1.76 bits per heavy atom. The molecule has 132 valence electrons. The van der Waals surface area contributed by atoms with Gasteiger partial charge in [0.25, 0.3) is 0 Å². The van der Waals surface area contributed by atoms with Gasteiger partial charge in [-0.05, 0) is 69.8 Å². The van der Waals surface area contributed by atoms with Crippen LogP contribution in [0.25, 0.3) is 0 Å². The van der Waals surface area contributed by atoms with Crippen LogP contribution in [0.5, 0.6) is 0 Å². The first-order valence-electron chi connectivity index (χ1n) is 9.25. The molecule has 2 aliphatic rings. The molecule has 2 aromatic rings. The number of piperidine rings is 1. The molecule has 0 spiro atoms. The van der Waals surface area contributed by atoms with Crippen LogP contribution >= 0.6 is 0 Å². The van der Waals surface area contributed by atoms with Crippen molar-refractivity contribution in [2.75, 3.05) is 24.5 Å². The minimum Gasteiger partial charge on any atom is -0.311 e. The van der Waals surface area contributed by atoms with E-state index < -0.39 is 0 Å². The summed E-state index contributed by atoms with van der Waals surface area (Å²) in [6.45, 7) is 6.98. The van der Waals surface area contributed by atoms with E-state index in [1.54, 1.807) is 0 Å². The highest BCUT2D eigenvalue weighted by molar-refractivity contribution is 5.99. The van der Waals surface area contributed by atoms with Gasteiger partial charge < -0.3 is 4.90 Å². The van der Waals surface area contributed by atoms with E-state index in [0.29, 0.717) is 5.92 Å². The smallest absolute Gasteiger partial charge is 0.244 e. The van der Waals surface area contributed by atoms with Crippen molar-refractivity contribution < 1.29 is 4.79 Å². The number of carbonyl (C=O) groups is 1. The molecule has 1 aromatic heterocycles. The fraction of sp³-hybridized carbons (Fsp3) is 0.500. The molecule has 1 aromatic carbocycles. The Kier molecular flexibility index (Phi) is 4.34. The Balaban J connectivity index is 1.40. The standard InChI is InChI=1S/C20H26N4O/c1-14-3-5-17(6-4-14)24-12-9-19(20(24)25)23-10-7-16(8-11-23)18-13-21-22-15(18)2/h3-6,13,16,19H,7-12H2,1-2H3,(H,21,22). The van der Waals surface area contributed by atoms with Gasteiger partial charge >= 0.3 is 0 Å². The second-order valence-electron chi connectivity index (χ2n) is 7.39. The maximum absolute atomic E-state index is 12.9. The van der Waals surface area contributed by atoms with Crippen LogP contribution in [0, 0.1) is 13.8 Å². The maximum Gasteiger partial charge on any atom is 0.244 e. The van der Waals surface area contributed by atoms with E-state index in [1.165, 1.54) is 16.8 Å². The summed E-state index contributed by atoms with van der Waals surface area (Å²) >= 11 is 0. The third-order valence-electron chi connectivity index (χ3n) is 5.80. The molecule has 1 N–H and O–H groups in total. The number of nitrogens with one attached hydrogen (secondary N) is 1. The molecule has 2 fully saturated rings. The SMILES string of the molecule is Cc1ccc(N2CCC(N3CCC(c4cn[nH]c4C)CC3)C2=O)cc1. The molecule has 1 unspecified atom stereocenters. The van der Waals surface area contributed by atoms with Gasteiger partial charge in [0.2, 0.25) is 5.91 Å². The van der Waals surface area contributed by atoms with Crippen molar-refractivity contribution in [3.63, 3.8) is 0 Å². The van der Waals surface area contributed by atoms with Gasteiger partial charge in [-0.25, -0.2) is 0 Å². The average Bonchev–Trinajstić information content (AvgIpc) is 3.22. The Morgan fingerprint density at radius 1 is 1.04 bits per heavy atom. The van der Waals surface area contributed by atoms with Crippen LogP contribution in [-0.2, 0) is 4.79 Å². The zero-order valence-electron chi connectivity index (χ0n) is 15.0. The van der Waals surface area contributed by atoms with Crippen molar-refractivity contribution in [1.29, 1.82) is 0 Å². The van der Waals surface area contributed by atoms with Crippen LogP contribution in [-0.4, -0.2) is 46.7 Å². The van der Waals surface area contributed by atoms with Gasteiger partial charge in [-0.1, -0.05) is 17.7 Å². The largest absolute Gasteiger partial charge is 0.311 e. The van der Waals surface area contributed by atoms with Crippen molar-refractivity contribution in [3.8, 4) is 0 Å². The fourth-order valence-corrected chi connectivity index (χ4v) is 4.28. The number of amides is 1. The molecule has 0 aliphatic carbocycles. The molecule has 0 radical (unpaired) electrons. The number of anilines is 1. The Morgan fingerprint density at radius 3 is 2.40 bits per heavy atom. The molecule has 0 bridgehead atoms. The predicted octanol–water partition coefficient (Wildman–Crippen LogP) is 3.01. The van der Waals surface area contributed by atoms with Gasteiger partial charge in [0, 0.05) is 17.9 Å².